The van der Waals surface area contributed by atoms with Crippen molar-refractivity contribution >= 4 is 16.8 Å². The summed E-state index contributed by atoms with van der Waals surface area (Å²) in [6.07, 6.45) is 6.41. The van der Waals surface area contributed by atoms with Crippen molar-refractivity contribution in [2.24, 2.45) is 0 Å². The van der Waals surface area contributed by atoms with Gasteiger partial charge in [-0.3, -0.25) is 0 Å². The number of fused-ring (bicyclic) bond motifs is 2. The summed E-state index contributed by atoms with van der Waals surface area (Å²) in [4.78, 5) is 0. The predicted octanol–water partition coefficient (Wildman–Crippen LogP) is 3.82. The molecule has 0 amide bonds. The van der Waals surface area contributed by atoms with Crippen molar-refractivity contribution in [2.45, 2.75) is 12.8 Å². The van der Waals surface area contributed by atoms with Crippen molar-refractivity contribution in [1.29, 1.82) is 0 Å². The van der Waals surface area contributed by atoms with Crippen LogP contribution in [-0.2, 0) is 6.42 Å². The Morgan fingerprint density at radius 2 is 1.61 bits per heavy atom. The molecule has 92 valence electrons. The lowest BCUT2D eigenvalue weighted by molar-refractivity contribution is 0.405. The van der Waals surface area contributed by atoms with Gasteiger partial charge in [-0.25, -0.2) is 0 Å². The average molecular weight is 240 g/mol. The summed E-state index contributed by atoms with van der Waals surface area (Å²) in [7, 11) is 3.48. The second-order valence-corrected chi connectivity index (χ2v) is 4.45. The molecule has 0 heterocycles. The fourth-order valence-electron chi connectivity index (χ4n) is 2.75. The third-order valence-electron chi connectivity index (χ3n) is 3.51. The van der Waals surface area contributed by atoms with Gasteiger partial charge in [0.2, 0.25) is 0 Å². The zero-order chi connectivity index (χ0) is 12.5. The van der Waals surface area contributed by atoms with E-state index in [1.165, 1.54) is 11.1 Å². The van der Waals surface area contributed by atoms with Crippen LogP contribution in [0.2, 0.25) is 0 Å². The van der Waals surface area contributed by atoms with Crippen LogP contribution < -0.4 is 9.47 Å². The Labute approximate surface area is 107 Å². The maximum absolute atomic E-state index is 5.64. The SMILES string of the molecule is COc1c2c(c(OC)c3ccccc13)CCC=C2. The van der Waals surface area contributed by atoms with Crippen molar-refractivity contribution in [3.05, 3.63) is 41.5 Å². The van der Waals surface area contributed by atoms with E-state index in [4.69, 9.17) is 9.47 Å². The molecule has 0 aromatic heterocycles. The molecule has 2 aromatic carbocycles. The molecular formula is C16H16O2. The molecule has 0 radical (unpaired) electrons. The van der Waals surface area contributed by atoms with Gasteiger partial charge in [-0.15, -0.1) is 0 Å². The zero-order valence-corrected chi connectivity index (χ0v) is 10.7. The normalized spacial score (nSPS) is 13.4. The highest BCUT2D eigenvalue weighted by Crippen LogP contribution is 2.43. The molecule has 0 atom stereocenters. The van der Waals surface area contributed by atoms with E-state index in [1.54, 1.807) is 14.2 Å². The van der Waals surface area contributed by atoms with Gasteiger partial charge < -0.3 is 9.47 Å². The lowest BCUT2D eigenvalue weighted by atomic mass is 9.91. The van der Waals surface area contributed by atoms with Crippen LogP contribution in [0.1, 0.15) is 17.5 Å². The van der Waals surface area contributed by atoms with Crippen LogP contribution >= 0.6 is 0 Å². The first-order valence-electron chi connectivity index (χ1n) is 6.19. The van der Waals surface area contributed by atoms with E-state index in [2.05, 4.69) is 24.3 Å². The summed E-state index contributed by atoms with van der Waals surface area (Å²) < 4.78 is 11.3. The number of rotatable bonds is 2. The molecule has 0 unspecified atom stereocenters. The Hall–Kier alpha value is -1.96. The van der Waals surface area contributed by atoms with Crippen LogP contribution in [0.25, 0.3) is 16.8 Å². The number of hydrogen-bond donors (Lipinski definition) is 0. The van der Waals surface area contributed by atoms with Crippen LogP contribution in [-0.4, -0.2) is 14.2 Å². The molecule has 18 heavy (non-hydrogen) atoms. The monoisotopic (exact) mass is 240 g/mol. The molecule has 0 fully saturated rings. The van der Waals surface area contributed by atoms with Crippen LogP contribution in [0, 0.1) is 0 Å². The molecule has 2 nitrogen and oxygen atoms in total. The zero-order valence-electron chi connectivity index (χ0n) is 10.7. The molecule has 0 bridgehead atoms. The Morgan fingerprint density at radius 1 is 0.944 bits per heavy atom. The molecule has 2 heteroatoms. The molecule has 0 aliphatic heterocycles. The van der Waals surface area contributed by atoms with Gasteiger partial charge in [0.05, 0.1) is 14.2 Å². The number of hydrogen-bond acceptors (Lipinski definition) is 2. The summed E-state index contributed by atoms with van der Waals surface area (Å²) in [5.41, 5.74) is 2.43. The standard InChI is InChI=1S/C16H16O2/c1-17-15-11-7-3-5-9-13(11)16(18-2)14-10-6-4-8-12(14)15/h3-5,7-9H,6,10H2,1-2H3. The second-order valence-electron chi connectivity index (χ2n) is 4.45. The molecule has 1 aliphatic rings. The minimum absolute atomic E-state index is 0.956. The molecule has 0 saturated heterocycles. The van der Waals surface area contributed by atoms with E-state index in [1.807, 2.05) is 12.1 Å². The van der Waals surface area contributed by atoms with E-state index < -0.39 is 0 Å². The Morgan fingerprint density at radius 3 is 2.28 bits per heavy atom. The number of allylic oxidation sites excluding steroid dienone is 1. The van der Waals surface area contributed by atoms with Crippen molar-refractivity contribution in [1.82, 2.24) is 0 Å². The Balaban J connectivity index is 2.47. The Kier molecular flexibility index (Phi) is 2.71. The van der Waals surface area contributed by atoms with E-state index in [0.717, 1.165) is 35.1 Å². The molecule has 0 N–H and O–H groups in total. The minimum Gasteiger partial charge on any atom is -0.496 e. The van der Waals surface area contributed by atoms with Gasteiger partial charge in [0, 0.05) is 21.9 Å². The van der Waals surface area contributed by atoms with Gasteiger partial charge in [0.1, 0.15) is 11.5 Å². The first-order valence-corrected chi connectivity index (χ1v) is 6.19. The summed E-state index contributed by atoms with van der Waals surface area (Å²) in [6, 6.07) is 8.24. The summed E-state index contributed by atoms with van der Waals surface area (Å²) in [6.45, 7) is 0. The molecular weight excluding hydrogens is 224 g/mol. The quantitative estimate of drug-likeness (QED) is 0.794. The lowest BCUT2D eigenvalue weighted by Crippen LogP contribution is -2.02. The Bertz CT molecular complexity index is 627. The van der Waals surface area contributed by atoms with Gasteiger partial charge in [0.15, 0.2) is 0 Å². The van der Waals surface area contributed by atoms with E-state index >= 15 is 0 Å². The first-order chi connectivity index (χ1) is 8.86. The number of benzene rings is 2. The van der Waals surface area contributed by atoms with Gasteiger partial charge in [-0.1, -0.05) is 36.4 Å². The van der Waals surface area contributed by atoms with Crippen molar-refractivity contribution in [3.8, 4) is 11.5 Å². The summed E-state index contributed by atoms with van der Waals surface area (Å²) >= 11 is 0. The predicted molar refractivity (Wildman–Crippen MR) is 74.4 cm³/mol. The van der Waals surface area contributed by atoms with Crippen molar-refractivity contribution in [3.63, 3.8) is 0 Å². The largest absolute Gasteiger partial charge is 0.496 e. The average Bonchev–Trinajstić information content (AvgIpc) is 2.44. The fraction of sp³-hybridized carbons (Fsp3) is 0.250. The second kappa shape index (κ2) is 4.37. The number of ether oxygens (including phenoxy) is 2. The molecule has 0 spiro atoms. The number of methoxy groups -OCH3 is 2. The van der Waals surface area contributed by atoms with E-state index in [-0.39, 0.29) is 0 Å². The highest BCUT2D eigenvalue weighted by Gasteiger charge is 2.20. The summed E-state index contributed by atoms with van der Waals surface area (Å²) in [5.74, 6) is 1.95. The van der Waals surface area contributed by atoms with Gasteiger partial charge in [-0.05, 0) is 12.8 Å². The smallest absolute Gasteiger partial charge is 0.134 e. The van der Waals surface area contributed by atoms with Gasteiger partial charge in [0.25, 0.3) is 0 Å². The van der Waals surface area contributed by atoms with Gasteiger partial charge >= 0.3 is 0 Å². The maximum atomic E-state index is 5.64. The highest BCUT2D eigenvalue weighted by atomic mass is 16.5. The first kappa shape index (κ1) is 11.1. The van der Waals surface area contributed by atoms with E-state index in [0.29, 0.717) is 0 Å². The summed E-state index contributed by atoms with van der Waals surface area (Å²) in [5, 5.41) is 2.24. The third-order valence-corrected chi connectivity index (χ3v) is 3.51. The van der Waals surface area contributed by atoms with E-state index in [9.17, 15) is 0 Å². The van der Waals surface area contributed by atoms with Crippen LogP contribution in [0.15, 0.2) is 30.3 Å². The highest BCUT2D eigenvalue weighted by molar-refractivity contribution is 5.98. The maximum Gasteiger partial charge on any atom is 0.134 e. The van der Waals surface area contributed by atoms with Crippen molar-refractivity contribution in [2.75, 3.05) is 14.2 Å². The minimum atomic E-state index is 0.956. The lowest BCUT2D eigenvalue weighted by Gasteiger charge is -2.20. The molecule has 2 aromatic rings. The van der Waals surface area contributed by atoms with Crippen molar-refractivity contribution < 1.29 is 9.47 Å². The fourth-order valence-corrected chi connectivity index (χ4v) is 2.75. The van der Waals surface area contributed by atoms with Crippen LogP contribution in [0.3, 0.4) is 0 Å². The topological polar surface area (TPSA) is 18.5 Å². The molecule has 0 saturated carbocycles. The van der Waals surface area contributed by atoms with Gasteiger partial charge in [-0.2, -0.15) is 0 Å². The molecule has 1 aliphatic carbocycles. The van der Waals surface area contributed by atoms with Crippen LogP contribution in [0.5, 0.6) is 11.5 Å². The third kappa shape index (κ3) is 1.49. The van der Waals surface area contributed by atoms with Crippen LogP contribution in [0.4, 0.5) is 0 Å². The molecule has 3 rings (SSSR count).